The smallest absolute Gasteiger partial charge is 0.224 e. The molecule has 0 unspecified atom stereocenters. The zero-order valence-corrected chi connectivity index (χ0v) is 20.1. The molecule has 0 aliphatic carbocycles. The molecule has 0 aliphatic heterocycles. The molecule has 0 fully saturated rings. The predicted molar refractivity (Wildman–Crippen MR) is 137 cm³/mol. The average molecular weight is 477 g/mol. The predicted octanol–water partition coefficient (Wildman–Crippen LogP) is 4.34. The number of benzene rings is 1. The second kappa shape index (κ2) is 11.0. The number of aliphatic hydroxyl groups excluding tert-OH is 1. The highest BCUT2D eigenvalue weighted by molar-refractivity contribution is 7.21. The number of unbranched alkanes of at least 4 members (excludes halogenated alkanes) is 1. The summed E-state index contributed by atoms with van der Waals surface area (Å²) in [6, 6.07) is 15.9. The van der Waals surface area contributed by atoms with E-state index in [-0.39, 0.29) is 18.9 Å². The van der Waals surface area contributed by atoms with E-state index in [2.05, 4.69) is 51.8 Å². The van der Waals surface area contributed by atoms with Gasteiger partial charge in [0.05, 0.1) is 6.42 Å². The number of aliphatic hydroxyl groups is 1. The average Bonchev–Trinajstić information content (AvgIpc) is 3.23. The molecule has 3 heterocycles. The summed E-state index contributed by atoms with van der Waals surface area (Å²) in [4.78, 5) is 28.8. The number of hydrogen-bond acceptors (Lipinski definition) is 8. The normalized spacial score (nSPS) is 10.9. The summed E-state index contributed by atoms with van der Waals surface area (Å²) in [6.45, 7) is 2.77. The van der Waals surface area contributed by atoms with Crippen LogP contribution >= 0.6 is 11.3 Å². The fourth-order valence-electron chi connectivity index (χ4n) is 3.42. The van der Waals surface area contributed by atoms with Gasteiger partial charge in [0.25, 0.3) is 0 Å². The minimum Gasteiger partial charge on any atom is -0.396 e. The maximum atomic E-state index is 12.1. The number of pyridine rings is 2. The third kappa shape index (κ3) is 6.06. The number of thiazole rings is 1. The molecule has 0 atom stereocenters. The van der Waals surface area contributed by atoms with E-state index in [9.17, 15) is 4.79 Å². The Bertz CT molecular complexity index is 1260. The molecule has 0 saturated heterocycles. The maximum absolute atomic E-state index is 12.1. The number of aromatic nitrogens is 3. The molecule has 0 bridgehead atoms. The Kier molecular flexibility index (Phi) is 7.66. The molecule has 3 aromatic heterocycles. The maximum Gasteiger partial charge on any atom is 0.224 e. The first kappa shape index (κ1) is 23.6. The van der Waals surface area contributed by atoms with E-state index < -0.39 is 0 Å². The molecule has 176 valence electrons. The number of nitrogens with zero attached hydrogens (tertiary/aromatic N) is 4. The zero-order chi connectivity index (χ0) is 23.9. The lowest BCUT2D eigenvalue weighted by molar-refractivity contribution is -0.120. The van der Waals surface area contributed by atoms with Crippen molar-refractivity contribution in [2.45, 2.75) is 26.2 Å². The Labute approximate surface area is 202 Å². The molecular formula is C25H28N6O2S. The number of carbonyl (C=O) groups is 1. The molecule has 0 radical (unpaired) electrons. The van der Waals surface area contributed by atoms with Crippen molar-refractivity contribution in [3.8, 4) is 0 Å². The lowest BCUT2D eigenvalue weighted by atomic mass is 10.2. The van der Waals surface area contributed by atoms with Crippen LogP contribution in [-0.4, -0.2) is 46.2 Å². The van der Waals surface area contributed by atoms with Crippen LogP contribution in [0.1, 0.15) is 24.0 Å². The topological polar surface area (TPSA) is 103 Å². The Balaban J connectivity index is 1.43. The van der Waals surface area contributed by atoms with Gasteiger partial charge in [-0.05, 0) is 61.7 Å². The second-order valence-corrected chi connectivity index (χ2v) is 9.02. The minimum atomic E-state index is -0.0514. The largest absolute Gasteiger partial charge is 0.396 e. The Morgan fingerprint density at radius 1 is 1.09 bits per heavy atom. The van der Waals surface area contributed by atoms with Gasteiger partial charge < -0.3 is 20.6 Å². The van der Waals surface area contributed by atoms with E-state index in [1.54, 1.807) is 6.20 Å². The highest BCUT2D eigenvalue weighted by Crippen LogP contribution is 2.30. The standard InChI is InChI=1S/C25H28N6O2S/c1-17-5-7-19(8-6-17)31(2)22-10-9-20-24(30-22)34-25(28-20)29-21-15-18(11-13-26-21)16-23(33)27-12-3-4-14-32/h5-11,13,15,32H,3-4,12,14,16H2,1-2H3,(H,27,33)(H,26,28,29). The number of amides is 1. The van der Waals surface area contributed by atoms with Gasteiger partial charge in [-0.3, -0.25) is 4.79 Å². The van der Waals surface area contributed by atoms with Crippen LogP contribution in [0.3, 0.4) is 0 Å². The molecule has 34 heavy (non-hydrogen) atoms. The van der Waals surface area contributed by atoms with E-state index >= 15 is 0 Å². The molecule has 4 rings (SSSR count). The van der Waals surface area contributed by atoms with E-state index in [0.29, 0.717) is 23.9 Å². The Hall–Kier alpha value is -3.56. The molecule has 0 aliphatic rings. The van der Waals surface area contributed by atoms with E-state index in [0.717, 1.165) is 33.8 Å². The van der Waals surface area contributed by atoms with Crippen LogP contribution in [0.25, 0.3) is 10.3 Å². The van der Waals surface area contributed by atoms with Gasteiger partial charge in [-0.15, -0.1) is 0 Å². The summed E-state index contributed by atoms with van der Waals surface area (Å²) in [5.74, 6) is 1.42. The van der Waals surface area contributed by atoms with Crippen molar-refractivity contribution in [1.29, 1.82) is 0 Å². The van der Waals surface area contributed by atoms with E-state index in [1.807, 2.05) is 36.2 Å². The third-order valence-corrected chi connectivity index (χ3v) is 6.22. The monoisotopic (exact) mass is 476 g/mol. The van der Waals surface area contributed by atoms with Crippen molar-refractivity contribution in [3.63, 3.8) is 0 Å². The summed E-state index contributed by atoms with van der Waals surface area (Å²) in [5, 5.41) is 15.6. The first-order valence-corrected chi connectivity index (χ1v) is 12.0. The van der Waals surface area contributed by atoms with Gasteiger partial charge in [-0.25, -0.2) is 15.0 Å². The molecule has 0 saturated carbocycles. The molecule has 4 aromatic rings. The van der Waals surface area contributed by atoms with Crippen LogP contribution in [0.2, 0.25) is 0 Å². The number of nitrogens with one attached hydrogen (secondary N) is 2. The molecule has 3 N–H and O–H groups in total. The number of aryl methyl sites for hydroxylation is 1. The van der Waals surface area contributed by atoms with Crippen LogP contribution < -0.4 is 15.5 Å². The lowest BCUT2D eigenvalue weighted by Gasteiger charge is -2.18. The number of anilines is 4. The molecule has 1 aromatic carbocycles. The molecular weight excluding hydrogens is 448 g/mol. The van der Waals surface area contributed by atoms with Crippen LogP contribution in [0.5, 0.6) is 0 Å². The Morgan fingerprint density at radius 3 is 2.71 bits per heavy atom. The highest BCUT2D eigenvalue weighted by Gasteiger charge is 2.11. The molecule has 8 nitrogen and oxygen atoms in total. The van der Waals surface area contributed by atoms with Crippen molar-refractivity contribution in [3.05, 3.63) is 65.9 Å². The van der Waals surface area contributed by atoms with Gasteiger partial charge in [0.1, 0.15) is 22.0 Å². The van der Waals surface area contributed by atoms with Gasteiger partial charge in [-0.2, -0.15) is 0 Å². The zero-order valence-electron chi connectivity index (χ0n) is 19.3. The quantitative estimate of drug-likeness (QED) is 0.293. The molecule has 0 spiro atoms. The van der Waals surface area contributed by atoms with Gasteiger partial charge in [0.2, 0.25) is 5.91 Å². The van der Waals surface area contributed by atoms with Crippen molar-refractivity contribution in [1.82, 2.24) is 20.3 Å². The number of hydrogen-bond donors (Lipinski definition) is 3. The van der Waals surface area contributed by atoms with E-state index in [4.69, 9.17) is 10.1 Å². The first-order chi connectivity index (χ1) is 16.5. The lowest BCUT2D eigenvalue weighted by Crippen LogP contribution is -2.26. The number of fused-ring (bicyclic) bond motifs is 1. The number of carbonyl (C=O) groups excluding carboxylic acids is 1. The summed E-state index contributed by atoms with van der Waals surface area (Å²) in [6.07, 6.45) is 3.40. The summed E-state index contributed by atoms with van der Waals surface area (Å²) in [7, 11) is 2.00. The highest BCUT2D eigenvalue weighted by atomic mass is 32.1. The molecule has 9 heteroatoms. The first-order valence-electron chi connectivity index (χ1n) is 11.2. The summed E-state index contributed by atoms with van der Waals surface area (Å²) in [5.41, 5.74) is 3.96. The van der Waals surface area contributed by atoms with Crippen LogP contribution in [-0.2, 0) is 11.2 Å². The van der Waals surface area contributed by atoms with Gasteiger partial charge >= 0.3 is 0 Å². The summed E-state index contributed by atoms with van der Waals surface area (Å²) < 4.78 is 0. The third-order valence-electron chi connectivity index (χ3n) is 5.34. The minimum absolute atomic E-state index is 0.0514. The fourth-order valence-corrected chi connectivity index (χ4v) is 4.26. The van der Waals surface area contributed by atoms with Gasteiger partial charge in [-0.1, -0.05) is 29.0 Å². The second-order valence-electron chi connectivity index (χ2n) is 8.04. The van der Waals surface area contributed by atoms with Crippen LogP contribution in [0, 0.1) is 6.92 Å². The Morgan fingerprint density at radius 2 is 1.91 bits per heavy atom. The van der Waals surface area contributed by atoms with E-state index in [1.165, 1.54) is 16.9 Å². The van der Waals surface area contributed by atoms with Crippen LogP contribution in [0.15, 0.2) is 54.7 Å². The SMILES string of the molecule is Cc1ccc(N(C)c2ccc3nc(Nc4cc(CC(=O)NCCCCO)ccn4)sc3n2)cc1. The number of rotatable bonds is 10. The molecule has 1 amide bonds. The van der Waals surface area contributed by atoms with Gasteiger partial charge in [0.15, 0.2) is 5.13 Å². The van der Waals surface area contributed by atoms with Crippen LogP contribution in [0.4, 0.5) is 22.5 Å². The van der Waals surface area contributed by atoms with Crippen molar-refractivity contribution in [2.24, 2.45) is 0 Å². The summed E-state index contributed by atoms with van der Waals surface area (Å²) >= 11 is 1.46. The van der Waals surface area contributed by atoms with Crippen molar-refractivity contribution < 1.29 is 9.90 Å². The van der Waals surface area contributed by atoms with Crippen molar-refractivity contribution in [2.75, 3.05) is 30.4 Å². The van der Waals surface area contributed by atoms with Gasteiger partial charge in [0, 0.05) is 32.1 Å². The fraction of sp³-hybridized carbons (Fsp3) is 0.280. The van der Waals surface area contributed by atoms with Crippen molar-refractivity contribution >= 4 is 50.0 Å².